The number of esters is 1. The van der Waals surface area contributed by atoms with E-state index in [1.165, 1.54) is 39.4 Å². The molecule has 1 aromatic carbocycles. The van der Waals surface area contributed by atoms with Gasteiger partial charge in [0.1, 0.15) is 11.4 Å². The molecule has 0 amide bonds. The minimum absolute atomic E-state index is 0.0516. The van der Waals surface area contributed by atoms with Crippen molar-refractivity contribution in [2.75, 3.05) is 19.5 Å². The summed E-state index contributed by atoms with van der Waals surface area (Å²) in [6.07, 6.45) is 2.47. The predicted molar refractivity (Wildman–Crippen MR) is 100 cm³/mol. The number of ketones is 1. The van der Waals surface area contributed by atoms with Gasteiger partial charge in [-0.05, 0) is 23.8 Å². The summed E-state index contributed by atoms with van der Waals surface area (Å²) in [5.74, 6) is -1.79. The highest BCUT2D eigenvalue weighted by Gasteiger charge is 2.21. The molecule has 0 atom stereocenters. The maximum absolute atomic E-state index is 12.2. The third kappa shape index (κ3) is 4.11. The fourth-order valence-corrected chi connectivity index (χ4v) is 2.34. The highest BCUT2D eigenvalue weighted by molar-refractivity contribution is 6.01. The van der Waals surface area contributed by atoms with Crippen LogP contribution in [-0.4, -0.2) is 39.7 Å². The van der Waals surface area contributed by atoms with Gasteiger partial charge in [0.15, 0.2) is 18.1 Å². The first-order valence-electron chi connectivity index (χ1n) is 7.98. The number of benzene rings is 1. The van der Waals surface area contributed by atoms with E-state index in [2.05, 4.69) is 0 Å². The number of nitrogens with zero attached hydrogens (tertiary/aromatic N) is 2. The van der Waals surface area contributed by atoms with E-state index < -0.39 is 35.2 Å². The van der Waals surface area contributed by atoms with Gasteiger partial charge in [0.25, 0.3) is 5.56 Å². The van der Waals surface area contributed by atoms with E-state index in [1.807, 2.05) is 0 Å². The van der Waals surface area contributed by atoms with Gasteiger partial charge < -0.3 is 20.3 Å². The Kier molecular flexibility index (Phi) is 6.04. The molecule has 0 saturated heterocycles. The number of phenols is 1. The molecular weight excluding hydrogens is 370 g/mol. The summed E-state index contributed by atoms with van der Waals surface area (Å²) in [7, 11) is 3.91. The molecule has 0 aliphatic carbocycles. The Bertz CT molecular complexity index is 1080. The fraction of sp³-hybridized carbons (Fsp3) is 0.222. The van der Waals surface area contributed by atoms with Crippen molar-refractivity contribution in [3.8, 4) is 11.5 Å². The van der Waals surface area contributed by atoms with Gasteiger partial charge in [-0.15, -0.1) is 0 Å². The molecule has 2 rings (SSSR count). The van der Waals surface area contributed by atoms with Crippen molar-refractivity contribution in [1.82, 2.24) is 9.13 Å². The molecule has 2 aromatic rings. The van der Waals surface area contributed by atoms with E-state index >= 15 is 0 Å². The van der Waals surface area contributed by atoms with E-state index in [9.17, 15) is 24.3 Å². The molecule has 0 saturated carbocycles. The Morgan fingerprint density at radius 3 is 2.54 bits per heavy atom. The lowest BCUT2D eigenvalue weighted by Gasteiger charge is -2.10. The largest absolute Gasteiger partial charge is 0.504 e. The zero-order valence-electron chi connectivity index (χ0n) is 15.5. The lowest BCUT2D eigenvalue weighted by molar-refractivity contribution is -0.136. The van der Waals surface area contributed by atoms with E-state index in [-0.39, 0.29) is 17.3 Å². The lowest BCUT2D eigenvalue weighted by Crippen LogP contribution is -2.42. The van der Waals surface area contributed by atoms with Crippen LogP contribution in [0.2, 0.25) is 0 Å². The van der Waals surface area contributed by atoms with Gasteiger partial charge in [-0.1, -0.05) is 6.07 Å². The van der Waals surface area contributed by atoms with Gasteiger partial charge in [0, 0.05) is 20.2 Å². The second kappa shape index (κ2) is 8.25. The number of Topliss-reactive ketones (excluding diaryl/α,β-unsaturated/α-hetero) is 1. The first-order chi connectivity index (χ1) is 13.2. The first-order valence-corrected chi connectivity index (χ1v) is 7.98. The van der Waals surface area contributed by atoms with Gasteiger partial charge in [0.05, 0.1) is 7.11 Å². The van der Waals surface area contributed by atoms with E-state index in [0.29, 0.717) is 5.56 Å². The first kappa shape index (κ1) is 20.5. The van der Waals surface area contributed by atoms with Crippen LogP contribution < -0.4 is 21.7 Å². The molecule has 0 bridgehead atoms. The maximum Gasteiger partial charge on any atom is 0.332 e. The number of anilines is 1. The topological polar surface area (TPSA) is 143 Å². The zero-order chi connectivity index (χ0) is 21.0. The number of hydrogen-bond donors (Lipinski definition) is 2. The van der Waals surface area contributed by atoms with Crippen LogP contribution in [0.4, 0.5) is 5.82 Å². The van der Waals surface area contributed by atoms with Crippen molar-refractivity contribution in [2.24, 2.45) is 14.1 Å². The summed E-state index contributed by atoms with van der Waals surface area (Å²) in [5.41, 5.74) is 4.26. The Hall–Kier alpha value is -3.82. The van der Waals surface area contributed by atoms with Gasteiger partial charge in [-0.2, -0.15) is 0 Å². The molecule has 0 spiro atoms. The van der Waals surface area contributed by atoms with Gasteiger partial charge in [-0.3, -0.25) is 18.7 Å². The Balaban J connectivity index is 2.11. The highest BCUT2D eigenvalue weighted by atomic mass is 16.5. The number of carbonyl (C=O) groups is 2. The summed E-state index contributed by atoms with van der Waals surface area (Å²) in [6.45, 7) is -0.723. The summed E-state index contributed by atoms with van der Waals surface area (Å²) >= 11 is 0. The van der Waals surface area contributed by atoms with E-state index in [0.717, 1.165) is 15.2 Å². The van der Waals surface area contributed by atoms with Crippen molar-refractivity contribution >= 4 is 23.6 Å². The number of aromatic nitrogens is 2. The van der Waals surface area contributed by atoms with Gasteiger partial charge in [-0.25, -0.2) is 9.59 Å². The van der Waals surface area contributed by atoms with E-state index in [1.54, 1.807) is 6.07 Å². The standard InChI is InChI=1S/C18H19N3O7/c1-20-16(19)15(17(25)21(2)18(20)26)12(23)9-28-14(24)7-5-10-4-6-11(22)13(8-10)27-3/h4-8,22H,9,19H2,1-3H3. The number of carbonyl (C=O) groups excluding carboxylic acids is 2. The number of nitrogen functional groups attached to an aromatic ring is 1. The monoisotopic (exact) mass is 389 g/mol. The molecule has 0 aliphatic rings. The highest BCUT2D eigenvalue weighted by Crippen LogP contribution is 2.26. The third-order valence-electron chi connectivity index (χ3n) is 3.95. The smallest absolute Gasteiger partial charge is 0.332 e. The fourth-order valence-electron chi connectivity index (χ4n) is 2.34. The van der Waals surface area contributed by atoms with Gasteiger partial charge in [0.2, 0.25) is 5.78 Å². The van der Waals surface area contributed by atoms with Crippen molar-refractivity contribution in [1.29, 1.82) is 0 Å². The maximum atomic E-state index is 12.2. The molecule has 0 fully saturated rings. The molecule has 0 aliphatic heterocycles. The molecule has 148 valence electrons. The number of nitrogens with two attached hydrogens (primary N) is 1. The third-order valence-corrected chi connectivity index (χ3v) is 3.95. The Morgan fingerprint density at radius 2 is 1.89 bits per heavy atom. The second-order valence-corrected chi connectivity index (χ2v) is 5.76. The van der Waals surface area contributed by atoms with Crippen molar-refractivity contribution in [3.05, 3.63) is 56.2 Å². The van der Waals surface area contributed by atoms with Crippen LogP contribution in [0.3, 0.4) is 0 Å². The summed E-state index contributed by atoms with van der Waals surface area (Å²) in [4.78, 5) is 47.9. The van der Waals surface area contributed by atoms with Crippen LogP contribution in [0.15, 0.2) is 33.9 Å². The molecule has 0 unspecified atom stereocenters. The second-order valence-electron chi connectivity index (χ2n) is 5.76. The summed E-state index contributed by atoms with van der Waals surface area (Å²) < 4.78 is 11.5. The van der Waals surface area contributed by atoms with Crippen LogP contribution >= 0.6 is 0 Å². The minimum Gasteiger partial charge on any atom is -0.504 e. The van der Waals surface area contributed by atoms with Crippen LogP contribution in [0.1, 0.15) is 15.9 Å². The molecule has 1 aromatic heterocycles. The summed E-state index contributed by atoms with van der Waals surface area (Å²) in [6, 6.07) is 4.44. The van der Waals surface area contributed by atoms with Gasteiger partial charge >= 0.3 is 11.7 Å². The Labute approximate surface area is 159 Å². The molecular formula is C18H19N3O7. The number of hydrogen-bond acceptors (Lipinski definition) is 8. The predicted octanol–water partition coefficient (Wildman–Crippen LogP) is -0.180. The normalized spacial score (nSPS) is 10.8. The van der Waals surface area contributed by atoms with Crippen LogP contribution in [0.25, 0.3) is 6.08 Å². The van der Waals surface area contributed by atoms with E-state index in [4.69, 9.17) is 15.2 Å². The molecule has 10 nitrogen and oxygen atoms in total. The van der Waals surface area contributed by atoms with Crippen molar-refractivity contribution < 1.29 is 24.2 Å². The number of phenolic OH excluding ortho intramolecular Hbond substituents is 1. The van der Waals surface area contributed by atoms with Crippen molar-refractivity contribution in [2.45, 2.75) is 0 Å². The average molecular weight is 389 g/mol. The summed E-state index contributed by atoms with van der Waals surface area (Å²) in [5, 5.41) is 9.53. The number of ether oxygens (including phenoxy) is 2. The molecule has 28 heavy (non-hydrogen) atoms. The Morgan fingerprint density at radius 1 is 1.21 bits per heavy atom. The van der Waals surface area contributed by atoms with Crippen LogP contribution in [0.5, 0.6) is 11.5 Å². The minimum atomic E-state index is -0.867. The molecule has 0 radical (unpaired) electrons. The lowest BCUT2D eigenvalue weighted by atomic mass is 10.2. The average Bonchev–Trinajstić information content (AvgIpc) is 2.68. The van der Waals surface area contributed by atoms with Crippen LogP contribution in [0, 0.1) is 0 Å². The number of aromatic hydroxyl groups is 1. The number of rotatable bonds is 6. The molecule has 1 heterocycles. The van der Waals surface area contributed by atoms with Crippen molar-refractivity contribution in [3.63, 3.8) is 0 Å². The SMILES string of the molecule is COc1cc(C=CC(=O)OCC(=O)c2c(N)n(C)c(=O)n(C)c2=O)ccc1O. The number of methoxy groups -OCH3 is 1. The molecule has 10 heteroatoms. The van der Waals surface area contributed by atoms with Crippen LogP contribution in [-0.2, 0) is 23.6 Å². The molecule has 3 N–H and O–H groups in total. The quantitative estimate of drug-likeness (QED) is 0.393. The zero-order valence-corrected chi connectivity index (χ0v) is 15.5.